The Morgan fingerprint density at radius 2 is 1.79 bits per heavy atom. The van der Waals surface area contributed by atoms with Gasteiger partial charge < -0.3 is 0 Å². The third-order valence-corrected chi connectivity index (χ3v) is 1.73. The van der Waals surface area contributed by atoms with E-state index in [9.17, 15) is 13.2 Å². The summed E-state index contributed by atoms with van der Waals surface area (Å²) in [6.07, 6.45) is -4.30. The lowest BCUT2D eigenvalue weighted by atomic mass is 10.1. The van der Waals surface area contributed by atoms with Crippen LogP contribution in [-0.4, -0.2) is 12.4 Å². The van der Waals surface area contributed by atoms with Crippen molar-refractivity contribution in [2.24, 2.45) is 4.99 Å². The highest BCUT2D eigenvalue weighted by Gasteiger charge is 2.23. The van der Waals surface area contributed by atoms with E-state index in [2.05, 4.69) is 4.99 Å². The number of aliphatic imine (C=N–C) groups is 1. The van der Waals surface area contributed by atoms with Gasteiger partial charge >= 0.3 is 6.18 Å². The molecular formula is C10H10F3N. The fourth-order valence-corrected chi connectivity index (χ4v) is 1.01. The molecule has 0 aliphatic carbocycles. The molecule has 0 N–H and O–H groups in total. The van der Waals surface area contributed by atoms with Crippen molar-refractivity contribution in [1.82, 2.24) is 0 Å². The summed E-state index contributed by atoms with van der Waals surface area (Å²) in [6, 6.07) is 8.39. The summed E-state index contributed by atoms with van der Waals surface area (Å²) in [6.45, 7) is 1.62. The minimum Gasteiger partial charge on any atom is -0.280 e. The van der Waals surface area contributed by atoms with Gasteiger partial charge in [-0.3, -0.25) is 4.99 Å². The second-order valence-electron chi connectivity index (χ2n) is 2.91. The van der Waals surface area contributed by atoms with E-state index in [0.717, 1.165) is 5.56 Å². The maximum Gasteiger partial charge on any atom is 0.426 e. The Morgan fingerprint density at radius 1 is 1.21 bits per heavy atom. The lowest BCUT2D eigenvalue weighted by Crippen LogP contribution is -2.09. The number of alkyl halides is 3. The Bertz CT molecular complexity index is 303. The van der Waals surface area contributed by atoms with Crippen LogP contribution < -0.4 is 0 Å². The van der Waals surface area contributed by atoms with Crippen molar-refractivity contribution in [2.45, 2.75) is 19.1 Å². The molecule has 4 heteroatoms. The summed E-state index contributed by atoms with van der Waals surface area (Å²) in [5.41, 5.74) is 0.771. The first-order valence-electron chi connectivity index (χ1n) is 4.15. The molecule has 76 valence electrons. The average Bonchev–Trinajstić information content (AvgIpc) is 2.14. The molecule has 1 rings (SSSR count). The predicted molar refractivity (Wildman–Crippen MR) is 49.4 cm³/mol. The van der Waals surface area contributed by atoms with E-state index >= 15 is 0 Å². The Labute approximate surface area is 80.3 Å². The number of nitrogens with zero attached hydrogens (tertiary/aromatic N) is 1. The molecule has 0 aliphatic heterocycles. The third kappa shape index (κ3) is 3.60. The van der Waals surface area contributed by atoms with Crippen molar-refractivity contribution >= 4 is 6.21 Å². The van der Waals surface area contributed by atoms with Crippen LogP contribution in [0.15, 0.2) is 35.3 Å². The normalized spacial score (nSPS) is 14.6. The Morgan fingerprint density at radius 3 is 2.29 bits per heavy atom. The Hall–Kier alpha value is -1.32. The van der Waals surface area contributed by atoms with Gasteiger partial charge in [-0.15, -0.1) is 0 Å². The van der Waals surface area contributed by atoms with Gasteiger partial charge in [0.1, 0.15) is 6.21 Å². The van der Waals surface area contributed by atoms with E-state index in [-0.39, 0.29) is 6.21 Å². The van der Waals surface area contributed by atoms with Crippen molar-refractivity contribution in [1.29, 1.82) is 0 Å². The van der Waals surface area contributed by atoms with E-state index in [1.54, 1.807) is 31.2 Å². The van der Waals surface area contributed by atoms with Gasteiger partial charge in [0.05, 0.1) is 6.04 Å². The number of halogens is 3. The van der Waals surface area contributed by atoms with Gasteiger partial charge in [-0.1, -0.05) is 30.3 Å². The lowest BCUT2D eigenvalue weighted by Gasteiger charge is -2.06. The van der Waals surface area contributed by atoms with E-state index in [4.69, 9.17) is 0 Å². The highest BCUT2D eigenvalue weighted by molar-refractivity contribution is 5.64. The molecule has 1 aromatic rings. The van der Waals surface area contributed by atoms with Crippen LogP contribution in [0, 0.1) is 0 Å². The van der Waals surface area contributed by atoms with Crippen molar-refractivity contribution < 1.29 is 13.2 Å². The highest BCUT2D eigenvalue weighted by atomic mass is 19.4. The van der Waals surface area contributed by atoms with E-state index in [1.807, 2.05) is 6.07 Å². The van der Waals surface area contributed by atoms with Gasteiger partial charge in [0, 0.05) is 0 Å². The zero-order chi connectivity index (χ0) is 10.6. The van der Waals surface area contributed by atoms with Crippen LogP contribution in [0.25, 0.3) is 0 Å². The maximum atomic E-state index is 11.8. The minimum atomic E-state index is -4.33. The first-order chi connectivity index (χ1) is 6.49. The van der Waals surface area contributed by atoms with E-state index in [1.165, 1.54) is 0 Å². The minimum absolute atomic E-state index is 0.0324. The van der Waals surface area contributed by atoms with E-state index in [0.29, 0.717) is 0 Å². The molecule has 0 saturated heterocycles. The molecule has 0 aliphatic rings. The molecule has 1 nitrogen and oxygen atoms in total. The van der Waals surface area contributed by atoms with Gasteiger partial charge in [-0.05, 0) is 12.5 Å². The molecule has 0 heterocycles. The zero-order valence-corrected chi connectivity index (χ0v) is 7.62. The molecule has 0 saturated carbocycles. The molecule has 0 amide bonds. The monoisotopic (exact) mass is 201 g/mol. The second-order valence-corrected chi connectivity index (χ2v) is 2.91. The maximum absolute atomic E-state index is 11.8. The van der Waals surface area contributed by atoms with Crippen molar-refractivity contribution in [3.63, 3.8) is 0 Å². The number of hydrogen-bond acceptors (Lipinski definition) is 1. The van der Waals surface area contributed by atoms with Crippen LogP contribution >= 0.6 is 0 Å². The van der Waals surface area contributed by atoms with Crippen molar-refractivity contribution in [3.8, 4) is 0 Å². The van der Waals surface area contributed by atoms with Gasteiger partial charge in [0.25, 0.3) is 0 Å². The SMILES string of the molecule is C[C@H](N=CC(F)(F)F)c1ccccc1. The van der Waals surface area contributed by atoms with Crippen LogP contribution in [0.4, 0.5) is 13.2 Å². The Balaban J connectivity index is 2.69. The van der Waals surface area contributed by atoms with Crippen molar-refractivity contribution in [3.05, 3.63) is 35.9 Å². The summed E-state index contributed by atoms with van der Waals surface area (Å²) >= 11 is 0. The fourth-order valence-electron chi connectivity index (χ4n) is 1.01. The zero-order valence-electron chi connectivity index (χ0n) is 7.62. The summed E-state index contributed by atoms with van der Waals surface area (Å²) in [5, 5.41) is 0. The number of hydrogen-bond donors (Lipinski definition) is 0. The van der Waals surface area contributed by atoms with Crippen LogP contribution in [0.1, 0.15) is 18.5 Å². The second kappa shape index (κ2) is 4.26. The van der Waals surface area contributed by atoms with E-state index < -0.39 is 12.2 Å². The first kappa shape index (κ1) is 10.8. The quantitative estimate of drug-likeness (QED) is 0.650. The van der Waals surface area contributed by atoms with Crippen LogP contribution in [-0.2, 0) is 0 Å². The van der Waals surface area contributed by atoms with Gasteiger partial charge in [0.15, 0.2) is 0 Å². The average molecular weight is 201 g/mol. The summed E-state index contributed by atoms with van der Waals surface area (Å²) in [5.74, 6) is 0. The van der Waals surface area contributed by atoms with Crippen LogP contribution in [0.5, 0.6) is 0 Å². The first-order valence-corrected chi connectivity index (χ1v) is 4.15. The standard InChI is InChI=1S/C10H10F3N/c1-8(14-7-10(11,12)13)9-5-3-2-4-6-9/h2-8H,1H3/t8-/m0/s1. The van der Waals surface area contributed by atoms with Gasteiger partial charge in [-0.25, -0.2) is 0 Å². The molecule has 0 unspecified atom stereocenters. The third-order valence-electron chi connectivity index (χ3n) is 1.73. The molecule has 0 aromatic heterocycles. The molecule has 0 spiro atoms. The van der Waals surface area contributed by atoms with Crippen LogP contribution in [0.2, 0.25) is 0 Å². The van der Waals surface area contributed by atoms with Gasteiger partial charge in [0.2, 0.25) is 0 Å². The summed E-state index contributed by atoms with van der Waals surface area (Å²) < 4.78 is 35.3. The predicted octanol–water partition coefficient (Wildman–Crippen LogP) is 3.38. The van der Waals surface area contributed by atoms with Crippen LogP contribution in [0.3, 0.4) is 0 Å². The largest absolute Gasteiger partial charge is 0.426 e. The molecule has 14 heavy (non-hydrogen) atoms. The summed E-state index contributed by atoms with van der Waals surface area (Å²) in [7, 11) is 0. The highest BCUT2D eigenvalue weighted by Crippen LogP contribution is 2.18. The molecule has 0 bridgehead atoms. The molecular weight excluding hydrogens is 191 g/mol. The topological polar surface area (TPSA) is 12.4 Å². The number of rotatable bonds is 2. The summed E-state index contributed by atoms with van der Waals surface area (Å²) in [4.78, 5) is 3.42. The molecule has 1 atom stereocenters. The van der Waals surface area contributed by atoms with Gasteiger partial charge in [-0.2, -0.15) is 13.2 Å². The molecule has 0 radical (unpaired) electrons. The lowest BCUT2D eigenvalue weighted by molar-refractivity contribution is -0.0538. The smallest absolute Gasteiger partial charge is 0.280 e. The van der Waals surface area contributed by atoms with Crippen molar-refractivity contribution in [2.75, 3.05) is 0 Å². The molecule has 1 aromatic carbocycles. The fraction of sp³-hybridized carbons (Fsp3) is 0.300. The number of benzene rings is 1. The molecule has 0 fully saturated rings. The Kier molecular flexibility index (Phi) is 3.28.